The predicted molar refractivity (Wildman–Crippen MR) is 59.0 cm³/mol. The number of fused-ring (bicyclic) bond motifs is 1. The van der Waals surface area contributed by atoms with Crippen molar-refractivity contribution in [3.8, 4) is 0 Å². The van der Waals surface area contributed by atoms with Crippen LogP contribution in [0.1, 0.15) is 32.6 Å². The minimum absolute atomic E-state index is 0.0385. The number of esters is 1. The Morgan fingerprint density at radius 2 is 2.31 bits per heavy atom. The average molecular weight is 225 g/mol. The summed E-state index contributed by atoms with van der Waals surface area (Å²) in [6.07, 6.45) is 4.17. The van der Waals surface area contributed by atoms with Crippen molar-refractivity contribution in [1.82, 2.24) is 4.90 Å². The van der Waals surface area contributed by atoms with E-state index in [4.69, 9.17) is 4.74 Å². The molecule has 0 aromatic rings. The topological polar surface area (TPSA) is 46.6 Å². The van der Waals surface area contributed by atoms with Crippen molar-refractivity contribution in [2.24, 2.45) is 5.92 Å². The number of piperidine rings is 2. The zero-order chi connectivity index (χ0) is 11.5. The highest BCUT2D eigenvalue weighted by molar-refractivity contribution is 6.00. The van der Waals surface area contributed by atoms with Gasteiger partial charge in [-0.25, -0.2) is 0 Å². The molecule has 2 fully saturated rings. The van der Waals surface area contributed by atoms with E-state index >= 15 is 0 Å². The number of carbonyl (C=O) groups excluding carboxylic acids is 2. The van der Waals surface area contributed by atoms with E-state index in [-0.39, 0.29) is 11.8 Å². The summed E-state index contributed by atoms with van der Waals surface area (Å²) in [7, 11) is 0. The minimum atomic E-state index is -0.501. The molecule has 2 saturated heterocycles. The molecular formula is C12H19NO3. The Morgan fingerprint density at radius 3 is 3.06 bits per heavy atom. The van der Waals surface area contributed by atoms with Crippen LogP contribution in [0.2, 0.25) is 0 Å². The van der Waals surface area contributed by atoms with E-state index in [0.717, 1.165) is 13.0 Å². The molecule has 4 nitrogen and oxygen atoms in total. The first kappa shape index (κ1) is 11.6. The second-order valence-electron chi connectivity index (χ2n) is 4.63. The van der Waals surface area contributed by atoms with Crippen LogP contribution in [-0.2, 0) is 14.3 Å². The Morgan fingerprint density at radius 1 is 1.50 bits per heavy atom. The molecule has 0 N–H and O–H groups in total. The van der Waals surface area contributed by atoms with Crippen molar-refractivity contribution in [2.75, 3.05) is 19.7 Å². The molecular weight excluding hydrogens is 206 g/mol. The third-order valence-electron chi connectivity index (χ3n) is 3.58. The van der Waals surface area contributed by atoms with E-state index in [9.17, 15) is 9.59 Å². The summed E-state index contributed by atoms with van der Waals surface area (Å²) in [5.41, 5.74) is 0. The summed E-state index contributed by atoms with van der Waals surface area (Å²) in [6, 6.07) is 0.417. The number of carbonyl (C=O) groups is 2. The van der Waals surface area contributed by atoms with Gasteiger partial charge >= 0.3 is 5.97 Å². The largest absolute Gasteiger partial charge is 0.465 e. The van der Waals surface area contributed by atoms with Gasteiger partial charge in [-0.15, -0.1) is 0 Å². The molecule has 0 aliphatic carbocycles. The molecule has 0 radical (unpaired) electrons. The maximum atomic E-state index is 11.8. The molecule has 2 heterocycles. The molecule has 2 aliphatic heterocycles. The number of nitrogens with zero attached hydrogens (tertiary/aromatic N) is 1. The lowest BCUT2D eigenvalue weighted by Gasteiger charge is -2.40. The molecule has 90 valence electrons. The first-order valence-electron chi connectivity index (χ1n) is 6.15. The summed E-state index contributed by atoms with van der Waals surface area (Å²) in [6.45, 7) is 3.58. The molecule has 0 aromatic carbocycles. The Labute approximate surface area is 95.9 Å². The zero-order valence-corrected chi connectivity index (χ0v) is 9.78. The Hall–Kier alpha value is -0.900. The SMILES string of the molecule is CCOC(=O)C1CC2CCCCN2CC1=O. The van der Waals surface area contributed by atoms with Gasteiger partial charge in [0.1, 0.15) is 5.92 Å². The van der Waals surface area contributed by atoms with Gasteiger partial charge in [-0.3, -0.25) is 14.5 Å². The van der Waals surface area contributed by atoms with Gasteiger partial charge in [0.2, 0.25) is 0 Å². The van der Waals surface area contributed by atoms with Gasteiger partial charge in [0, 0.05) is 6.04 Å². The summed E-state index contributed by atoms with van der Waals surface area (Å²) in [4.78, 5) is 25.7. The van der Waals surface area contributed by atoms with Gasteiger partial charge in [0.05, 0.1) is 13.2 Å². The van der Waals surface area contributed by atoms with E-state index in [0.29, 0.717) is 25.6 Å². The van der Waals surface area contributed by atoms with Crippen LogP contribution in [0.5, 0.6) is 0 Å². The van der Waals surface area contributed by atoms with Crippen LogP contribution in [0.4, 0.5) is 0 Å². The van der Waals surface area contributed by atoms with Gasteiger partial charge in [0.15, 0.2) is 5.78 Å². The minimum Gasteiger partial charge on any atom is -0.465 e. The van der Waals surface area contributed by atoms with Crippen molar-refractivity contribution in [3.05, 3.63) is 0 Å². The van der Waals surface area contributed by atoms with Crippen LogP contribution in [0, 0.1) is 5.92 Å². The van der Waals surface area contributed by atoms with Crippen LogP contribution in [-0.4, -0.2) is 42.4 Å². The number of Topliss-reactive ketones (excluding diaryl/α,β-unsaturated/α-hetero) is 1. The molecule has 4 heteroatoms. The van der Waals surface area contributed by atoms with Gasteiger partial charge in [-0.1, -0.05) is 6.42 Å². The van der Waals surface area contributed by atoms with E-state index in [1.807, 2.05) is 0 Å². The highest BCUT2D eigenvalue weighted by Gasteiger charge is 2.39. The fourth-order valence-corrected chi connectivity index (χ4v) is 2.72. The van der Waals surface area contributed by atoms with Gasteiger partial charge in [-0.2, -0.15) is 0 Å². The highest BCUT2D eigenvalue weighted by atomic mass is 16.5. The first-order chi connectivity index (χ1) is 7.72. The summed E-state index contributed by atoms with van der Waals surface area (Å²) in [5, 5.41) is 0. The van der Waals surface area contributed by atoms with Crippen molar-refractivity contribution in [1.29, 1.82) is 0 Å². The van der Waals surface area contributed by atoms with E-state index in [2.05, 4.69) is 4.90 Å². The molecule has 2 atom stereocenters. The Kier molecular flexibility index (Phi) is 3.59. The smallest absolute Gasteiger partial charge is 0.316 e. The maximum Gasteiger partial charge on any atom is 0.316 e. The zero-order valence-electron chi connectivity index (χ0n) is 9.78. The number of hydrogen-bond donors (Lipinski definition) is 0. The standard InChI is InChI=1S/C12H19NO3/c1-2-16-12(15)10-7-9-5-3-4-6-13(9)8-11(10)14/h9-10H,2-8H2,1H3. The second kappa shape index (κ2) is 4.95. The summed E-state index contributed by atoms with van der Waals surface area (Å²) >= 11 is 0. The Balaban J connectivity index is 2.00. The summed E-state index contributed by atoms with van der Waals surface area (Å²) in [5.74, 6) is -0.784. The maximum absolute atomic E-state index is 11.8. The Bertz CT molecular complexity index is 290. The lowest BCUT2D eigenvalue weighted by Crippen LogP contribution is -2.51. The third-order valence-corrected chi connectivity index (χ3v) is 3.58. The van der Waals surface area contributed by atoms with Gasteiger partial charge in [-0.05, 0) is 32.7 Å². The normalized spacial score (nSPS) is 30.9. The highest BCUT2D eigenvalue weighted by Crippen LogP contribution is 2.28. The molecule has 16 heavy (non-hydrogen) atoms. The van der Waals surface area contributed by atoms with Crippen LogP contribution in [0.25, 0.3) is 0 Å². The molecule has 2 unspecified atom stereocenters. The third kappa shape index (κ3) is 2.26. The van der Waals surface area contributed by atoms with Gasteiger partial charge in [0.25, 0.3) is 0 Å². The molecule has 0 aromatic heterocycles. The number of hydrogen-bond acceptors (Lipinski definition) is 4. The molecule has 2 aliphatic rings. The molecule has 0 saturated carbocycles. The fourth-order valence-electron chi connectivity index (χ4n) is 2.72. The molecule has 0 spiro atoms. The first-order valence-corrected chi connectivity index (χ1v) is 6.15. The number of ketones is 1. The van der Waals surface area contributed by atoms with E-state index in [1.165, 1.54) is 12.8 Å². The second-order valence-corrected chi connectivity index (χ2v) is 4.63. The van der Waals surface area contributed by atoms with E-state index in [1.54, 1.807) is 6.92 Å². The average Bonchev–Trinajstić information content (AvgIpc) is 2.28. The van der Waals surface area contributed by atoms with Crippen LogP contribution in [0.3, 0.4) is 0 Å². The van der Waals surface area contributed by atoms with Crippen molar-refractivity contribution in [3.63, 3.8) is 0 Å². The van der Waals surface area contributed by atoms with Crippen LogP contribution < -0.4 is 0 Å². The quantitative estimate of drug-likeness (QED) is 0.519. The van der Waals surface area contributed by atoms with Crippen molar-refractivity contribution in [2.45, 2.75) is 38.6 Å². The lowest BCUT2D eigenvalue weighted by atomic mass is 9.85. The van der Waals surface area contributed by atoms with Crippen LogP contribution >= 0.6 is 0 Å². The number of rotatable bonds is 2. The molecule has 2 rings (SSSR count). The van der Waals surface area contributed by atoms with Gasteiger partial charge < -0.3 is 4.74 Å². The van der Waals surface area contributed by atoms with Crippen molar-refractivity contribution >= 4 is 11.8 Å². The molecule has 0 amide bonds. The lowest BCUT2D eigenvalue weighted by molar-refractivity contribution is -0.155. The number of ether oxygens (including phenoxy) is 1. The van der Waals surface area contributed by atoms with Crippen molar-refractivity contribution < 1.29 is 14.3 Å². The summed E-state index contributed by atoms with van der Waals surface area (Å²) < 4.78 is 4.95. The monoisotopic (exact) mass is 225 g/mol. The van der Waals surface area contributed by atoms with E-state index < -0.39 is 5.92 Å². The predicted octanol–water partition coefficient (Wildman–Crippen LogP) is 0.993. The fraction of sp³-hybridized carbons (Fsp3) is 0.833. The molecule has 0 bridgehead atoms. The van der Waals surface area contributed by atoms with Crippen LogP contribution in [0.15, 0.2) is 0 Å².